The Kier molecular flexibility index (Phi) is 3.99. The van der Waals surface area contributed by atoms with E-state index in [1.807, 2.05) is 4.90 Å². The van der Waals surface area contributed by atoms with Crippen molar-refractivity contribution in [2.75, 3.05) is 26.2 Å². The highest BCUT2D eigenvalue weighted by Gasteiger charge is 2.21. The van der Waals surface area contributed by atoms with Gasteiger partial charge >= 0.3 is 5.97 Å². The van der Waals surface area contributed by atoms with Crippen LogP contribution in [0.3, 0.4) is 0 Å². The monoisotopic (exact) mass is 252 g/mol. The van der Waals surface area contributed by atoms with E-state index in [2.05, 4.69) is 5.32 Å². The molecule has 0 atom stereocenters. The number of hydrogen-bond donors (Lipinski definition) is 1. The maximum atomic E-state index is 11.7. The fraction of sp³-hybridized carbons (Fsp3) is 0.500. The van der Waals surface area contributed by atoms with Crippen molar-refractivity contribution < 1.29 is 18.7 Å². The van der Waals surface area contributed by atoms with Crippen molar-refractivity contribution in [1.82, 2.24) is 10.2 Å². The Morgan fingerprint density at radius 2 is 2.44 bits per heavy atom. The first-order chi connectivity index (χ1) is 8.70. The minimum Gasteiger partial charge on any atom is -0.467 e. The Labute approximate surface area is 105 Å². The van der Waals surface area contributed by atoms with E-state index in [4.69, 9.17) is 9.15 Å². The summed E-state index contributed by atoms with van der Waals surface area (Å²) < 4.78 is 10.2. The van der Waals surface area contributed by atoms with Gasteiger partial charge in [0, 0.05) is 13.1 Å². The van der Waals surface area contributed by atoms with Crippen LogP contribution in [-0.4, -0.2) is 43.0 Å². The first-order valence-corrected chi connectivity index (χ1v) is 5.93. The van der Waals surface area contributed by atoms with Crippen LogP contribution in [-0.2, 0) is 16.1 Å². The van der Waals surface area contributed by atoms with Gasteiger partial charge in [0.15, 0.2) is 0 Å². The summed E-state index contributed by atoms with van der Waals surface area (Å²) in [5.74, 6) is 0.149. The first kappa shape index (κ1) is 12.6. The Balaban J connectivity index is 2.03. The summed E-state index contributed by atoms with van der Waals surface area (Å²) in [5.41, 5.74) is 0.433. The fourth-order valence-electron chi connectivity index (χ4n) is 1.88. The molecule has 1 fully saturated rings. The van der Waals surface area contributed by atoms with Gasteiger partial charge in [0.2, 0.25) is 5.91 Å². The summed E-state index contributed by atoms with van der Waals surface area (Å²) in [6.07, 6.45) is 1.46. The lowest BCUT2D eigenvalue weighted by atomic mass is 10.2. The molecule has 1 N–H and O–H groups in total. The third-order valence-corrected chi connectivity index (χ3v) is 2.73. The Morgan fingerprint density at radius 3 is 3.17 bits per heavy atom. The average Bonchev–Trinajstić information content (AvgIpc) is 2.77. The molecule has 1 aromatic rings. The van der Waals surface area contributed by atoms with Crippen LogP contribution in [0.15, 0.2) is 16.7 Å². The zero-order valence-electron chi connectivity index (χ0n) is 10.3. The van der Waals surface area contributed by atoms with Gasteiger partial charge in [-0.3, -0.25) is 9.69 Å². The van der Waals surface area contributed by atoms with Gasteiger partial charge in [0.1, 0.15) is 11.3 Å². The van der Waals surface area contributed by atoms with Gasteiger partial charge in [-0.05, 0) is 13.0 Å². The van der Waals surface area contributed by atoms with E-state index in [0.29, 0.717) is 37.6 Å². The molecule has 2 rings (SSSR count). The van der Waals surface area contributed by atoms with Crippen LogP contribution in [0.25, 0.3) is 0 Å². The summed E-state index contributed by atoms with van der Waals surface area (Å²) >= 11 is 0. The lowest BCUT2D eigenvalue weighted by Gasteiger charge is -2.25. The molecule has 2 heterocycles. The highest BCUT2D eigenvalue weighted by Crippen LogP contribution is 2.15. The quantitative estimate of drug-likeness (QED) is 0.785. The fourth-order valence-corrected chi connectivity index (χ4v) is 1.88. The number of furan rings is 1. The lowest BCUT2D eigenvalue weighted by Crippen LogP contribution is -2.47. The third kappa shape index (κ3) is 2.89. The second kappa shape index (κ2) is 5.68. The molecule has 1 aliphatic heterocycles. The minimum atomic E-state index is -0.386. The molecule has 1 aliphatic rings. The van der Waals surface area contributed by atoms with E-state index in [0.717, 1.165) is 6.54 Å². The number of carbonyl (C=O) groups excluding carboxylic acids is 2. The summed E-state index contributed by atoms with van der Waals surface area (Å²) in [6, 6.07) is 1.59. The van der Waals surface area contributed by atoms with Crippen LogP contribution in [0.2, 0.25) is 0 Å². The molecule has 0 aliphatic carbocycles. The van der Waals surface area contributed by atoms with Crippen LogP contribution in [0.1, 0.15) is 23.0 Å². The molecule has 0 unspecified atom stereocenters. The van der Waals surface area contributed by atoms with E-state index in [9.17, 15) is 9.59 Å². The number of amides is 1. The highest BCUT2D eigenvalue weighted by molar-refractivity contribution is 5.90. The molecule has 6 nitrogen and oxygen atoms in total. The molecular formula is C12H16N2O4. The van der Waals surface area contributed by atoms with Gasteiger partial charge < -0.3 is 14.5 Å². The Bertz CT molecular complexity index is 441. The molecule has 98 valence electrons. The number of esters is 1. The molecule has 0 radical (unpaired) electrons. The van der Waals surface area contributed by atoms with Gasteiger partial charge in [-0.1, -0.05) is 0 Å². The zero-order chi connectivity index (χ0) is 13.0. The number of piperazine rings is 1. The van der Waals surface area contributed by atoms with Crippen molar-refractivity contribution in [3.63, 3.8) is 0 Å². The maximum absolute atomic E-state index is 11.7. The lowest BCUT2D eigenvalue weighted by molar-refractivity contribution is -0.124. The van der Waals surface area contributed by atoms with Gasteiger partial charge in [-0.15, -0.1) is 0 Å². The number of hydrogen-bond acceptors (Lipinski definition) is 5. The summed E-state index contributed by atoms with van der Waals surface area (Å²) in [4.78, 5) is 24.8. The maximum Gasteiger partial charge on any atom is 0.341 e. The molecule has 1 amide bonds. The van der Waals surface area contributed by atoms with Crippen molar-refractivity contribution >= 4 is 11.9 Å². The van der Waals surface area contributed by atoms with Crippen molar-refractivity contribution in [3.05, 3.63) is 23.7 Å². The molecule has 0 saturated carbocycles. The van der Waals surface area contributed by atoms with Crippen LogP contribution in [0.5, 0.6) is 0 Å². The van der Waals surface area contributed by atoms with E-state index >= 15 is 0 Å². The molecule has 0 bridgehead atoms. The predicted octanol–water partition coefficient (Wildman–Crippen LogP) is 0.388. The molecule has 1 saturated heterocycles. The van der Waals surface area contributed by atoms with Crippen LogP contribution in [0, 0.1) is 0 Å². The SMILES string of the molecule is CCOC(=O)c1ccoc1CN1CCNC(=O)C1. The average molecular weight is 252 g/mol. The normalized spacial score (nSPS) is 16.4. The highest BCUT2D eigenvalue weighted by atomic mass is 16.5. The molecule has 18 heavy (non-hydrogen) atoms. The number of nitrogens with zero attached hydrogens (tertiary/aromatic N) is 1. The van der Waals surface area contributed by atoms with Crippen LogP contribution >= 0.6 is 0 Å². The third-order valence-electron chi connectivity index (χ3n) is 2.73. The molecule has 1 aromatic heterocycles. The standard InChI is InChI=1S/C12H16N2O4/c1-2-17-12(16)9-3-6-18-10(9)7-14-5-4-13-11(15)8-14/h3,6H,2,4-5,7-8H2,1H3,(H,13,15). The van der Waals surface area contributed by atoms with E-state index < -0.39 is 0 Å². The molecule has 6 heteroatoms. The number of rotatable bonds is 4. The first-order valence-electron chi connectivity index (χ1n) is 5.93. The second-order valence-electron chi connectivity index (χ2n) is 4.04. The minimum absolute atomic E-state index is 0.00880. The van der Waals surface area contributed by atoms with Gasteiger partial charge in [-0.25, -0.2) is 4.79 Å². The van der Waals surface area contributed by atoms with Crippen LogP contribution < -0.4 is 5.32 Å². The summed E-state index contributed by atoms with van der Waals surface area (Å²) in [7, 11) is 0. The second-order valence-corrected chi connectivity index (χ2v) is 4.04. The van der Waals surface area contributed by atoms with Crippen molar-refractivity contribution in [1.29, 1.82) is 0 Å². The molecular weight excluding hydrogens is 236 g/mol. The molecule has 0 aromatic carbocycles. The number of ether oxygens (including phenoxy) is 1. The Hall–Kier alpha value is -1.82. The number of carbonyl (C=O) groups is 2. The van der Waals surface area contributed by atoms with E-state index in [1.165, 1.54) is 6.26 Å². The smallest absolute Gasteiger partial charge is 0.341 e. The van der Waals surface area contributed by atoms with Gasteiger partial charge in [-0.2, -0.15) is 0 Å². The van der Waals surface area contributed by atoms with Crippen molar-refractivity contribution in [2.24, 2.45) is 0 Å². The molecule has 0 spiro atoms. The number of nitrogens with one attached hydrogen (secondary N) is 1. The summed E-state index contributed by atoms with van der Waals surface area (Å²) in [6.45, 7) is 4.21. The van der Waals surface area contributed by atoms with Crippen LogP contribution in [0.4, 0.5) is 0 Å². The van der Waals surface area contributed by atoms with Gasteiger partial charge in [0.05, 0.1) is 26.0 Å². The van der Waals surface area contributed by atoms with Crippen molar-refractivity contribution in [2.45, 2.75) is 13.5 Å². The van der Waals surface area contributed by atoms with Gasteiger partial charge in [0.25, 0.3) is 0 Å². The largest absolute Gasteiger partial charge is 0.467 e. The zero-order valence-corrected chi connectivity index (χ0v) is 10.3. The predicted molar refractivity (Wildman–Crippen MR) is 63.0 cm³/mol. The topological polar surface area (TPSA) is 71.8 Å². The van der Waals surface area contributed by atoms with E-state index in [-0.39, 0.29) is 11.9 Å². The summed E-state index contributed by atoms with van der Waals surface area (Å²) in [5, 5.41) is 2.75. The van der Waals surface area contributed by atoms with Crippen molar-refractivity contribution in [3.8, 4) is 0 Å². The Morgan fingerprint density at radius 1 is 1.61 bits per heavy atom. The van der Waals surface area contributed by atoms with E-state index in [1.54, 1.807) is 13.0 Å².